The number of hydrogen-bond donors (Lipinski definition) is 0. The van der Waals surface area contributed by atoms with E-state index < -0.39 is 0 Å². The molecule has 2 atom stereocenters. The molecule has 0 radical (unpaired) electrons. The summed E-state index contributed by atoms with van der Waals surface area (Å²) < 4.78 is 17.9. The van der Waals surface area contributed by atoms with Crippen molar-refractivity contribution in [2.24, 2.45) is 0 Å². The highest BCUT2D eigenvalue weighted by molar-refractivity contribution is 6.49. The SMILES string of the molecule is CC1(C)OB([C@@H]2C[C@H]2c2ccc3c(c2)COC3)OC1(C)C. The third-order valence-corrected chi connectivity index (χ3v) is 5.63. The highest BCUT2D eigenvalue weighted by atomic mass is 16.7. The van der Waals surface area contributed by atoms with Gasteiger partial charge in [0.25, 0.3) is 0 Å². The topological polar surface area (TPSA) is 27.7 Å². The molecule has 3 nitrogen and oxygen atoms in total. The van der Waals surface area contributed by atoms with Gasteiger partial charge in [-0.15, -0.1) is 0 Å². The highest BCUT2D eigenvalue weighted by Crippen LogP contribution is 2.58. The largest absolute Gasteiger partial charge is 0.461 e. The van der Waals surface area contributed by atoms with E-state index in [4.69, 9.17) is 14.0 Å². The number of ether oxygens (including phenoxy) is 1. The number of fused-ring (bicyclic) bond motifs is 1. The lowest BCUT2D eigenvalue weighted by atomic mass is 9.79. The van der Waals surface area contributed by atoms with Crippen LogP contribution < -0.4 is 0 Å². The van der Waals surface area contributed by atoms with Gasteiger partial charge in [-0.3, -0.25) is 0 Å². The Morgan fingerprint density at radius 1 is 1.00 bits per heavy atom. The summed E-state index contributed by atoms with van der Waals surface area (Å²) in [6, 6.07) is 6.79. The number of hydrogen-bond acceptors (Lipinski definition) is 3. The Hall–Kier alpha value is -0.835. The predicted molar refractivity (Wildman–Crippen MR) is 82.1 cm³/mol. The normalized spacial score (nSPS) is 32.3. The summed E-state index contributed by atoms with van der Waals surface area (Å²) in [6.07, 6.45) is 1.16. The average molecular weight is 286 g/mol. The van der Waals surface area contributed by atoms with Crippen LogP contribution in [0.1, 0.15) is 56.7 Å². The van der Waals surface area contributed by atoms with Crippen molar-refractivity contribution in [3.8, 4) is 0 Å². The van der Waals surface area contributed by atoms with Crippen LogP contribution in [0.15, 0.2) is 18.2 Å². The van der Waals surface area contributed by atoms with Crippen molar-refractivity contribution < 1.29 is 14.0 Å². The van der Waals surface area contributed by atoms with E-state index in [1.807, 2.05) is 0 Å². The van der Waals surface area contributed by atoms with E-state index >= 15 is 0 Å². The van der Waals surface area contributed by atoms with Crippen molar-refractivity contribution in [2.75, 3.05) is 0 Å². The van der Waals surface area contributed by atoms with Gasteiger partial charge < -0.3 is 14.0 Å². The quantitative estimate of drug-likeness (QED) is 0.776. The molecule has 112 valence electrons. The summed E-state index contributed by atoms with van der Waals surface area (Å²) in [7, 11) is -0.0653. The van der Waals surface area contributed by atoms with Crippen molar-refractivity contribution in [1.29, 1.82) is 0 Å². The van der Waals surface area contributed by atoms with Gasteiger partial charge in [0.05, 0.1) is 24.4 Å². The van der Waals surface area contributed by atoms with Gasteiger partial charge in [0.2, 0.25) is 0 Å². The smallest absolute Gasteiger partial charge is 0.403 e. The maximum absolute atomic E-state index is 6.19. The summed E-state index contributed by atoms with van der Waals surface area (Å²) in [6.45, 7) is 10.0. The Balaban J connectivity index is 1.49. The van der Waals surface area contributed by atoms with Crippen molar-refractivity contribution in [3.63, 3.8) is 0 Å². The van der Waals surface area contributed by atoms with Gasteiger partial charge in [0, 0.05) is 5.82 Å². The first-order valence-corrected chi connectivity index (χ1v) is 7.92. The molecule has 0 N–H and O–H groups in total. The van der Waals surface area contributed by atoms with Gasteiger partial charge in [0.15, 0.2) is 0 Å². The molecule has 0 unspecified atom stereocenters. The minimum Gasteiger partial charge on any atom is -0.403 e. The zero-order chi connectivity index (χ0) is 14.8. The maximum Gasteiger partial charge on any atom is 0.461 e. The van der Waals surface area contributed by atoms with E-state index in [0.717, 1.165) is 19.6 Å². The van der Waals surface area contributed by atoms with Crippen LogP contribution in [0.2, 0.25) is 5.82 Å². The zero-order valence-corrected chi connectivity index (χ0v) is 13.3. The van der Waals surface area contributed by atoms with Crippen molar-refractivity contribution >= 4 is 7.12 Å². The predicted octanol–water partition coefficient (Wildman–Crippen LogP) is 3.67. The first-order valence-electron chi connectivity index (χ1n) is 7.92. The van der Waals surface area contributed by atoms with E-state index in [1.165, 1.54) is 16.7 Å². The lowest BCUT2D eigenvalue weighted by Crippen LogP contribution is -2.41. The molecule has 1 saturated heterocycles. The van der Waals surface area contributed by atoms with Crippen molar-refractivity contribution in [2.45, 2.75) is 70.3 Å². The molecular formula is C17H23BO3. The van der Waals surface area contributed by atoms with Crippen LogP contribution in [-0.4, -0.2) is 18.3 Å². The monoisotopic (exact) mass is 286 g/mol. The molecule has 1 aliphatic carbocycles. The van der Waals surface area contributed by atoms with Crippen LogP contribution in [0.5, 0.6) is 0 Å². The van der Waals surface area contributed by atoms with Crippen molar-refractivity contribution in [1.82, 2.24) is 0 Å². The summed E-state index contributed by atoms with van der Waals surface area (Å²) in [5.74, 6) is 1.07. The second-order valence-electron chi connectivity index (χ2n) is 7.65. The van der Waals surface area contributed by atoms with Crippen LogP contribution >= 0.6 is 0 Å². The fourth-order valence-electron chi connectivity index (χ4n) is 3.38. The molecule has 0 aromatic heterocycles. The third kappa shape index (κ3) is 2.16. The summed E-state index contributed by atoms with van der Waals surface area (Å²) in [5.41, 5.74) is 3.66. The average Bonchev–Trinajstić information content (AvgIpc) is 3.00. The van der Waals surface area contributed by atoms with E-state index in [0.29, 0.717) is 11.7 Å². The Kier molecular flexibility index (Phi) is 2.85. The van der Waals surface area contributed by atoms with Crippen LogP contribution in [0.3, 0.4) is 0 Å². The summed E-state index contributed by atoms with van der Waals surface area (Å²) in [4.78, 5) is 0. The molecule has 1 saturated carbocycles. The van der Waals surface area contributed by atoms with E-state index in [-0.39, 0.29) is 18.3 Å². The summed E-state index contributed by atoms with van der Waals surface area (Å²) in [5, 5.41) is 0. The lowest BCUT2D eigenvalue weighted by molar-refractivity contribution is 0.00578. The molecule has 0 amide bonds. The summed E-state index contributed by atoms with van der Waals surface area (Å²) >= 11 is 0. The van der Waals surface area contributed by atoms with E-state index in [2.05, 4.69) is 45.9 Å². The molecule has 1 aromatic carbocycles. The van der Waals surface area contributed by atoms with Crippen LogP contribution in [0, 0.1) is 0 Å². The van der Waals surface area contributed by atoms with E-state index in [1.54, 1.807) is 0 Å². The van der Waals surface area contributed by atoms with Crippen LogP contribution in [0.4, 0.5) is 0 Å². The molecule has 0 spiro atoms. The zero-order valence-electron chi connectivity index (χ0n) is 13.3. The molecule has 4 rings (SSSR count). The van der Waals surface area contributed by atoms with Crippen LogP contribution in [0.25, 0.3) is 0 Å². The van der Waals surface area contributed by atoms with Crippen molar-refractivity contribution in [3.05, 3.63) is 34.9 Å². The number of benzene rings is 1. The Morgan fingerprint density at radius 2 is 1.67 bits per heavy atom. The second kappa shape index (κ2) is 4.34. The van der Waals surface area contributed by atoms with Gasteiger partial charge in [-0.1, -0.05) is 18.2 Å². The molecule has 2 aliphatic heterocycles. The van der Waals surface area contributed by atoms with E-state index in [9.17, 15) is 0 Å². The van der Waals surface area contributed by atoms with Gasteiger partial charge in [-0.2, -0.15) is 0 Å². The Labute approximate surface area is 127 Å². The standard InChI is InChI=1S/C17H23BO3/c1-16(2)17(3,4)21-18(20-16)15-8-14(15)11-5-6-12-9-19-10-13(12)7-11/h5-7,14-15H,8-10H2,1-4H3/t14-,15+/m0/s1. The number of rotatable bonds is 2. The fourth-order valence-corrected chi connectivity index (χ4v) is 3.38. The Morgan fingerprint density at radius 3 is 2.38 bits per heavy atom. The molecule has 2 heterocycles. The van der Waals surface area contributed by atoms with Gasteiger partial charge >= 0.3 is 7.12 Å². The second-order valence-corrected chi connectivity index (χ2v) is 7.65. The molecule has 0 bridgehead atoms. The van der Waals surface area contributed by atoms with Gasteiger partial charge in [-0.05, 0) is 56.7 Å². The molecule has 2 fully saturated rings. The molecule has 4 heteroatoms. The minimum atomic E-state index is -0.226. The molecular weight excluding hydrogens is 263 g/mol. The van der Waals surface area contributed by atoms with Crippen LogP contribution in [-0.2, 0) is 27.3 Å². The lowest BCUT2D eigenvalue weighted by Gasteiger charge is -2.32. The first kappa shape index (κ1) is 13.8. The Bertz CT molecular complexity index is 565. The highest BCUT2D eigenvalue weighted by Gasteiger charge is 2.59. The molecule has 21 heavy (non-hydrogen) atoms. The molecule has 3 aliphatic rings. The maximum atomic E-state index is 6.19. The third-order valence-electron chi connectivity index (χ3n) is 5.63. The van der Waals surface area contributed by atoms with Gasteiger partial charge in [0.1, 0.15) is 0 Å². The molecule has 1 aromatic rings. The minimum absolute atomic E-state index is 0.0653. The fraction of sp³-hybridized carbons (Fsp3) is 0.647. The first-order chi connectivity index (χ1) is 9.87. The van der Waals surface area contributed by atoms with Gasteiger partial charge in [-0.25, -0.2) is 0 Å².